The number of hydrogen-bond donors (Lipinski definition) is 1. The highest BCUT2D eigenvalue weighted by Gasteiger charge is 2.08. The first-order chi connectivity index (χ1) is 12.0. The maximum Gasteiger partial charge on any atom is 0.119 e. The van der Waals surface area contributed by atoms with Crippen molar-refractivity contribution in [3.8, 4) is 5.75 Å². The van der Waals surface area contributed by atoms with Crippen LogP contribution in [0.1, 0.15) is 12.5 Å². The van der Waals surface area contributed by atoms with Gasteiger partial charge in [-0.15, -0.1) is 0 Å². The first-order valence-electron chi connectivity index (χ1n) is 7.51. The number of halogens is 3. The number of nitrogens with zero attached hydrogens (tertiary/aromatic N) is 1. The molecule has 0 aliphatic rings. The standard InChI is InChI=1S/C19H15Cl3N2O/c1-11(23-24-19-17(21)9-15(20)10-18(19)22)12-3-4-14-8-16(25-2)6-5-13(14)7-12/h3-10,24H,1-2H3/b23-11+. The van der Waals surface area contributed by atoms with E-state index in [0.717, 1.165) is 27.8 Å². The number of rotatable bonds is 4. The number of nitrogens with one attached hydrogen (secondary N) is 1. The molecule has 3 aromatic rings. The van der Waals surface area contributed by atoms with Crippen LogP contribution >= 0.6 is 34.8 Å². The van der Waals surface area contributed by atoms with Crippen molar-refractivity contribution < 1.29 is 4.74 Å². The van der Waals surface area contributed by atoms with Gasteiger partial charge in [0.25, 0.3) is 0 Å². The average Bonchev–Trinajstić information content (AvgIpc) is 2.59. The van der Waals surface area contributed by atoms with Crippen LogP contribution in [0.5, 0.6) is 5.75 Å². The highest BCUT2D eigenvalue weighted by Crippen LogP contribution is 2.33. The minimum atomic E-state index is 0.416. The van der Waals surface area contributed by atoms with Crippen molar-refractivity contribution in [2.45, 2.75) is 6.92 Å². The molecule has 25 heavy (non-hydrogen) atoms. The van der Waals surface area contributed by atoms with Gasteiger partial charge < -0.3 is 4.74 Å². The summed E-state index contributed by atoms with van der Waals surface area (Å²) >= 11 is 18.2. The van der Waals surface area contributed by atoms with Crippen molar-refractivity contribution in [1.82, 2.24) is 0 Å². The fourth-order valence-corrected chi connectivity index (χ4v) is 3.33. The Kier molecular flexibility index (Phi) is 5.38. The molecular weight excluding hydrogens is 379 g/mol. The van der Waals surface area contributed by atoms with Crippen molar-refractivity contribution in [1.29, 1.82) is 0 Å². The number of methoxy groups -OCH3 is 1. The van der Waals surface area contributed by atoms with Gasteiger partial charge in [0.05, 0.1) is 28.6 Å². The number of ether oxygens (including phenoxy) is 1. The Balaban J connectivity index is 1.89. The number of hydrogen-bond acceptors (Lipinski definition) is 3. The lowest BCUT2D eigenvalue weighted by Gasteiger charge is -2.09. The average molecular weight is 394 g/mol. The number of anilines is 1. The zero-order valence-electron chi connectivity index (χ0n) is 13.6. The molecule has 3 nitrogen and oxygen atoms in total. The van der Waals surface area contributed by atoms with Crippen molar-refractivity contribution in [2.75, 3.05) is 12.5 Å². The Bertz CT molecular complexity index is 947. The monoisotopic (exact) mass is 392 g/mol. The lowest BCUT2D eigenvalue weighted by Crippen LogP contribution is -2.00. The molecule has 0 fully saturated rings. The molecule has 128 valence electrons. The molecule has 0 spiro atoms. The maximum atomic E-state index is 6.16. The quantitative estimate of drug-likeness (QED) is 0.398. The molecular formula is C19H15Cl3N2O. The summed E-state index contributed by atoms with van der Waals surface area (Å²) in [5.74, 6) is 0.833. The Morgan fingerprint density at radius 3 is 2.24 bits per heavy atom. The Morgan fingerprint density at radius 1 is 0.920 bits per heavy atom. The van der Waals surface area contributed by atoms with Crippen molar-refractivity contribution in [3.05, 3.63) is 69.2 Å². The summed E-state index contributed by atoms with van der Waals surface area (Å²) in [5.41, 5.74) is 5.24. The van der Waals surface area contributed by atoms with Crippen LogP contribution in [0.15, 0.2) is 53.6 Å². The summed E-state index contributed by atoms with van der Waals surface area (Å²) in [6.07, 6.45) is 0. The van der Waals surface area contributed by atoms with Crippen molar-refractivity contribution in [3.63, 3.8) is 0 Å². The number of hydrazone groups is 1. The Labute approximate surface area is 161 Å². The Morgan fingerprint density at radius 2 is 1.56 bits per heavy atom. The molecule has 0 aliphatic heterocycles. The van der Waals surface area contributed by atoms with Gasteiger partial charge in [-0.25, -0.2) is 0 Å². The van der Waals surface area contributed by atoms with E-state index < -0.39 is 0 Å². The van der Waals surface area contributed by atoms with Gasteiger partial charge in [-0.2, -0.15) is 5.10 Å². The first-order valence-corrected chi connectivity index (χ1v) is 8.64. The van der Waals surface area contributed by atoms with Gasteiger partial charge in [-0.1, -0.05) is 53.0 Å². The molecule has 0 amide bonds. The molecule has 0 aliphatic carbocycles. The van der Waals surface area contributed by atoms with Crippen LogP contribution < -0.4 is 10.2 Å². The second-order valence-corrected chi connectivity index (χ2v) is 6.73. The molecule has 0 saturated heterocycles. The van der Waals surface area contributed by atoms with Crippen LogP contribution in [0.2, 0.25) is 15.1 Å². The fourth-order valence-electron chi connectivity index (χ4n) is 2.43. The smallest absolute Gasteiger partial charge is 0.119 e. The summed E-state index contributed by atoms with van der Waals surface area (Å²) in [6, 6.07) is 15.3. The van der Waals surface area contributed by atoms with Gasteiger partial charge in [0.15, 0.2) is 0 Å². The molecule has 6 heteroatoms. The molecule has 0 heterocycles. The zero-order valence-corrected chi connectivity index (χ0v) is 15.9. The van der Waals surface area contributed by atoms with Gasteiger partial charge in [-0.05, 0) is 53.6 Å². The summed E-state index contributed by atoms with van der Waals surface area (Å²) in [7, 11) is 1.66. The Hall–Kier alpha value is -1.94. The van der Waals surface area contributed by atoms with E-state index in [4.69, 9.17) is 39.5 Å². The van der Waals surface area contributed by atoms with E-state index in [9.17, 15) is 0 Å². The molecule has 0 radical (unpaired) electrons. The zero-order chi connectivity index (χ0) is 18.0. The van der Waals surface area contributed by atoms with Gasteiger partial charge >= 0.3 is 0 Å². The third-order valence-corrected chi connectivity index (χ3v) is 4.62. The van der Waals surface area contributed by atoms with Crippen LogP contribution in [-0.2, 0) is 0 Å². The van der Waals surface area contributed by atoms with E-state index in [0.29, 0.717) is 20.8 Å². The van der Waals surface area contributed by atoms with E-state index in [2.05, 4.69) is 16.6 Å². The molecule has 0 bridgehead atoms. The molecule has 3 aromatic carbocycles. The predicted octanol–water partition coefficient (Wildman–Crippen LogP) is 6.64. The fraction of sp³-hybridized carbons (Fsp3) is 0.105. The summed E-state index contributed by atoms with van der Waals surface area (Å²) in [6.45, 7) is 1.91. The maximum absolute atomic E-state index is 6.16. The lowest BCUT2D eigenvalue weighted by molar-refractivity contribution is 0.415. The molecule has 0 saturated carbocycles. The largest absolute Gasteiger partial charge is 0.497 e. The van der Waals surface area contributed by atoms with Gasteiger partial charge in [0, 0.05) is 5.02 Å². The third kappa shape index (κ3) is 4.01. The highest BCUT2D eigenvalue weighted by atomic mass is 35.5. The molecule has 0 atom stereocenters. The van der Waals surface area contributed by atoms with E-state index in [1.807, 2.05) is 37.3 Å². The van der Waals surface area contributed by atoms with Gasteiger partial charge in [-0.3, -0.25) is 5.43 Å². The summed E-state index contributed by atoms with van der Waals surface area (Å²) in [4.78, 5) is 0. The topological polar surface area (TPSA) is 33.6 Å². The second kappa shape index (κ2) is 7.52. The van der Waals surface area contributed by atoms with Gasteiger partial charge in [0.1, 0.15) is 5.75 Å². The van der Waals surface area contributed by atoms with Crippen LogP contribution in [-0.4, -0.2) is 12.8 Å². The van der Waals surface area contributed by atoms with Crippen LogP contribution in [0.3, 0.4) is 0 Å². The first kappa shape index (κ1) is 17.9. The highest BCUT2D eigenvalue weighted by molar-refractivity contribution is 6.41. The van der Waals surface area contributed by atoms with Crippen molar-refractivity contribution in [2.24, 2.45) is 5.10 Å². The van der Waals surface area contributed by atoms with E-state index in [1.165, 1.54) is 0 Å². The minimum Gasteiger partial charge on any atom is -0.497 e. The van der Waals surface area contributed by atoms with E-state index in [-0.39, 0.29) is 0 Å². The molecule has 3 rings (SSSR count). The van der Waals surface area contributed by atoms with Crippen LogP contribution in [0.25, 0.3) is 10.8 Å². The van der Waals surface area contributed by atoms with Crippen molar-refractivity contribution >= 4 is 57.0 Å². The van der Waals surface area contributed by atoms with E-state index >= 15 is 0 Å². The normalized spacial score (nSPS) is 11.6. The van der Waals surface area contributed by atoms with Crippen LogP contribution in [0.4, 0.5) is 5.69 Å². The molecule has 0 aromatic heterocycles. The molecule has 1 N–H and O–H groups in total. The lowest BCUT2D eigenvalue weighted by atomic mass is 10.0. The number of fused-ring (bicyclic) bond motifs is 1. The summed E-state index contributed by atoms with van der Waals surface area (Å²) < 4.78 is 5.25. The van der Waals surface area contributed by atoms with E-state index in [1.54, 1.807) is 19.2 Å². The van der Waals surface area contributed by atoms with Crippen LogP contribution in [0, 0.1) is 0 Å². The third-order valence-electron chi connectivity index (χ3n) is 3.81. The summed E-state index contributed by atoms with van der Waals surface area (Å²) in [5, 5.41) is 7.91. The molecule has 0 unspecified atom stereocenters. The minimum absolute atomic E-state index is 0.416. The second-order valence-electron chi connectivity index (χ2n) is 5.48. The van der Waals surface area contributed by atoms with Gasteiger partial charge in [0.2, 0.25) is 0 Å². The predicted molar refractivity (Wildman–Crippen MR) is 108 cm³/mol. The number of benzene rings is 3. The SMILES string of the molecule is COc1ccc2cc(/C(C)=N/Nc3c(Cl)cc(Cl)cc3Cl)ccc2c1.